The van der Waals surface area contributed by atoms with E-state index in [-0.39, 0.29) is 11.6 Å². The van der Waals surface area contributed by atoms with Gasteiger partial charge in [-0.05, 0) is 51.3 Å². The van der Waals surface area contributed by atoms with E-state index in [9.17, 15) is 8.78 Å². The Bertz CT molecular complexity index is 604. The summed E-state index contributed by atoms with van der Waals surface area (Å²) in [7, 11) is 1.39. The highest BCUT2D eigenvalue weighted by Gasteiger charge is 2.15. The van der Waals surface area contributed by atoms with Crippen LogP contribution in [0.5, 0.6) is 5.75 Å². The van der Waals surface area contributed by atoms with Gasteiger partial charge in [0.05, 0.1) is 17.0 Å². The average Bonchev–Trinajstić information content (AvgIpc) is 2.41. The lowest BCUT2D eigenvalue weighted by atomic mass is 10.0. The molecular weight excluding hydrogens is 338 g/mol. The summed E-state index contributed by atoms with van der Waals surface area (Å²) in [5, 5.41) is -0.508. The van der Waals surface area contributed by atoms with E-state index in [1.807, 2.05) is 0 Å². The zero-order valence-electron chi connectivity index (χ0n) is 9.96. The minimum atomic E-state index is -0.508. The number of hydrogen-bond acceptors (Lipinski definition) is 1. The van der Waals surface area contributed by atoms with Gasteiger partial charge in [0, 0.05) is 0 Å². The lowest BCUT2D eigenvalue weighted by Crippen LogP contribution is -1.96. The summed E-state index contributed by atoms with van der Waals surface area (Å²) in [6, 6.07) is 8.92. The van der Waals surface area contributed by atoms with Gasteiger partial charge in [-0.3, -0.25) is 0 Å². The maximum atomic E-state index is 13.3. The van der Waals surface area contributed by atoms with E-state index in [2.05, 4.69) is 15.9 Å². The number of benzene rings is 2. The van der Waals surface area contributed by atoms with Gasteiger partial charge in [-0.2, -0.15) is 0 Å². The Morgan fingerprint density at radius 1 is 1.05 bits per heavy atom. The van der Waals surface area contributed by atoms with Crippen molar-refractivity contribution in [1.29, 1.82) is 0 Å². The second-order valence-corrected chi connectivity index (χ2v) is 5.22. The third-order valence-corrected chi connectivity index (χ3v) is 3.82. The zero-order chi connectivity index (χ0) is 14.0. The molecule has 0 aliphatic heterocycles. The van der Waals surface area contributed by atoms with Gasteiger partial charge in [0.25, 0.3) is 0 Å². The zero-order valence-corrected chi connectivity index (χ0v) is 12.3. The van der Waals surface area contributed by atoms with Crippen LogP contribution in [0.15, 0.2) is 40.9 Å². The summed E-state index contributed by atoms with van der Waals surface area (Å²) < 4.78 is 31.8. The Balaban J connectivity index is 2.37. The number of hydrogen-bond donors (Lipinski definition) is 0. The molecule has 0 aromatic heterocycles. The Labute approximate surface area is 123 Å². The van der Waals surface area contributed by atoms with Crippen molar-refractivity contribution in [3.63, 3.8) is 0 Å². The molecule has 2 rings (SSSR count). The SMILES string of the molecule is COc1cc(C(Cl)c2ccc(F)c(Br)c2)ccc1F. The van der Waals surface area contributed by atoms with Gasteiger partial charge in [0.2, 0.25) is 0 Å². The van der Waals surface area contributed by atoms with Crippen LogP contribution in [0, 0.1) is 11.6 Å². The Kier molecular flexibility index (Phi) is 4.42. The maximum absolute atomic E-state index is 13.3. The van der Waals surface area contributed by atoms with Crippen LogP contribution < -0.4 is 4.74 Å². The molecule has 2 aromatic rings. The Morgan fingerprint density at radius 2 is 1.63 bits per heavy atom. The third-order valence-electron chi connectivity index (χ3n) is 2.70. The number of ether oxygens (including phenoxy) is 1. The van der Waals surface area contributed by atoms with Crippen LogP contribution in [0.2, 0.25) is 0 Å². The number of methoxy groups -OCH3 is 1. The highest BCUT2D eigenvalue weighted by Crippen LogP contribution is 2.33. The van der Waals surface area contributed by atoms with E-state index in [1.165, 1.54) is 25.3 Å². The minimum absolute atomic E-state index is 0.129. The molecule has 0 saturated carbocycles. The van der Waals surface area contributed by atoms with E-state index in [0.717, 1.165) is 0 Å². The van der Waals surface area contributed by atoms with E-state index >= 15 is 0 Å². The minimum Gasteiger partial charge on any atom is -0.494 e. The fourth-order valence-electron chi connectivity index (χ4n) is 1.70. The molecule has 2 aromatic carbocycles. The number of alkyl halides is 1. The smallest absolute Gasteiger partial charge is 0.165 e. The van der Waals surface area contributed by atoms with Crippen molar-refractivity contribution in [1.82, 2.24) is 0 Å². The molecule has 0 saturated heterocycles. The predicted molar refractivity (Wildman–Crippen MR) is 74.7 cm³/mol. The van der Waals surface area contributed by atoms with Crippen LogP contribution in [-0.4, -0.2) is 7.11 Å². The van der Waals surface area contributed by atoms with Crippen molar-refractivity contribution < 1.29 is 13.5 Å². The van der Waals surface area contributed by atoms with Gasteiger partial charge in [-0.15, -0.1) is 11.6 Å². The first-order chi connectivity index (χ1) is 9.02. The molecule has 0 spiro atoms. The quantitative estimate of drug-likeness (QED) is 0.705. The molecule has 0 bridgehead atoms. The molecule has 0 aliphatic carbocycles. The van der Waals surface area contributed by atoms with E-state index in [4.69, 9.17) is 16.3 Å². The highest BCUT2D eigenvalue weighted by molar-refractivity contribution is 9.10. The van der Waals surface area contributed by atoms with E-state index in [0.29, 0.717) is 15.6 Å². The molecule has 1 unspecified atom stereocenters. The lowest BCUT2D eigenvalue weighted by molar-refractivity contribution is 0.386. The maximum Gasteiger partial charge on any atom is 0.165 e. The van der Waals surface area contributed by atoms with Crippen LogP contribution in [0.25, 0.3) is 0 Å². The van der Waals surface area contributed by atoms with Crippen molar-refractivity contribution in [2.45, 2.75) is 5.38 Å². The van der Waals surface area contributed by atoms with Crippen molar-refractivity contribution in [2.24, 2.45) is 0 Å². The van der Waals surface area contributed by atoms with Gasteiger partial charge >= 0.3 is 0 Å². The summed E-state index contributed by atoms with van der Waals surface area (Å²) in [6.07, 6.45) is 0. The van der Waals surface area contributed by atoms with Gasteiger partial charge < -0.3 is 4.74 Å². The molecule has 0 heterocycles. The molecule has 1 nitrogen and oxygen atoms in total. The van der Waals surface area contributed by atoms with Gasteiger partial charge in [-0.1, -0.05) is 12.1 Å². The standard InChI is InChI=1S/C14H10BrClF2O/c1-19-13-7-9(3-5-12(13)18)14(16)8-2-4-11(17)10(15)6-8/h2-7,14H,1H3. The van der Waals surface area contributed by atoms with Gasteiger partial charge in [0.15, 0.2) is 11.6 Å². The first-order valence-corrected chi connectivity index (χ1v) is 6.68. The van der Waals surface area contributed by atoms with Crippen molar-refractivity contribution in [2.75, 3.05) is 7.11 Å². The number of rotatable bonds is 3. The van der Waals surface area contributed by atoms with Crippen LogP contribution in [0.4, 0.5) is 8.78 Å². The largest absolute Gasteiger partial charge is 0.494 e. The normalized spacial score (nSPS) is 12.3. The molecule has 0 N–H and O–H groups in total. The van der Waals surface area contributed by atoms with E-state index in [1.54, 1.807) is 18.2 Å². The highest BCUT2D eigenvalue weighted by atomic mass is 79.9. The summed E-state index contributed by atoms with van der Waals surface area (Å²) in [6.45, 7) is 0. The van der Waals surface area contributed by atoms with Crippen LogP contribution in [0.3, 0.4) is 0 Å². The average molecular weight is 348 g/mol. The summed E-state index contributed by atoms with van der Waals surface area (Å²) in [5.41, 5.74) is 1.39. The van der Waals surface area contributed by atoms with Crippen molar-refractivity contribution in [3.8, 4) is 5.75 Å². The van der Waals surface area contributed by atoms with E-state index < -0.39 is 11.2 Å². The monoisotopic (exact) mass is 346 g/mol. The Morgan fingerprint density at radius 3 is 2.21 bits per heavy atom. The molecule has 0 radical (unpaired) electrons. The second-order valence-electron chi connectivity index (χ2n) is 3.93. The molecule has 5 heteroatoms. The summed E-state index contributed by atoms with van der Waals surface area (Å²) >= 11 is 9.42. The first kappa shape index (κ1) is 14.3. The van der Waals surface area contributed by atoms with Crippen molar-refractivity contribution in [3.05, 3.63) is 63.6 Å². The third kappa shape index (κ3) is 3.07. The second kappa shape index (κ2) is 5.88. The number of halogens is 4. The van der Waals surface area contributed by atoms with Crippen LogP contribution in [-0.2, 0) is 0 Å². The Hall–Kier alpha value is -1.13. The topological polar surface area (TPSA) is 9.23 Å². The van der Waals surface area contributed by atoms with Crippen molar-refractivity contribution >= 4 is 27.5 Å². The molecule has 0 amide bonds. The van der Waals surface area contributed by atoms with Crippen LogP contribution >= 0.6 is 27.5 Å². The first-order valence-electron chi connectivity index (χ1n) is 5.45. The molecular formula is C14H10BrClF2O. The summed E-state index contributed by atoms with van der Waals surface area (Å²) in [4.78, 5) is 0. The van der Waals surface area contributed by atoms with Crippen LogP contribution in [0.1, 0.15) is 16.5 Å². The fourth-order valence-corrected chi connectivity index (χ4v) is 2.36. The van der Waals surface area contributed by atoms with Gasteiger partial charge in [-0.25, -0.2) is 8.78 Å². The molecule has 0 fully saturated rings. The predicted octanol–water partition coefficient (Wildman–Crippen LogP) is 5.06. The molecule has 0 aliphatic rings. The van der Waals surface area contributed by atoms with Gasteiger partial charge in [0.1, 0.15) is 5.82 Å². The molecule has 100 valence electrons. The molecule has 19 heavy (non-hydrogen) atoms. The molecule has 1 atom stereocenters. The summed E-state index contributed by atoms with van der Waals surface area (Å²) in [5.74, 6) is -0.677. The lowest BCUT2D eigenvalue weighted by Gasteiger charge is -2.12. The fraction of sp³-hybridized carbons (Fsp3) is 0.143.